The van der Waals surface area contributed by atoms with E-state index in [2.05, 4.69) is 20.9 Å². The third-order valence-corrected chi connectivity index (χ3v) is 4.23. The Labute approximate surface area is 175 Å². The first-order valence-corrected chi connectivity index (χ1v) is 9.72. The van der Waals surface area contributed by atoms with Crippen LogP contribution in [0.5, 0.6) is 5.75 Å². The Morgan fingerprint density at radius 3 is 2.48 bits per heavy atom. The molecule has 3 N–H and O–H groups in total. The van der Waals surface area contributed by atoms with Gasteiger partial charge in [-0.15, -0.1) is 0 Å². The zero-order chi connectivity index (χ0) is 20.9. The van der Waals surface area contributed by atoms with Crippen molar-refractivity contribution in [3.8, 4) is 17.1 Å². The Kier molecular flexibility index (Phi) is 6.33. The van der Waals surface area contributed by atoms with Gasteiger partial charge in [-0.1, -0.05) is 42.5 Å². The highest BCUT2D eigenvalue weighted by Crippen LogP contribution is 2.16. The summed E-state index contributed by atoms with van der Waals surface area (Å²) in [5, 5.41) is 9.99. The Morgan fingerprint density at radius 1 is 1.14 bits per heavy atom. The van der Waals surface area contributed by atoms with Crippen LogP contribution >= 0.6 is 12.2 Å². The molecule has 0 radical (unpaired) electrons. The molecule has 0 aliphatic carbocycles. The summed E-state index contributed by atoms with van der Waals surface area (Å²) in [4.78, 5) is 11.8. The number of nitrogens with one attached hydrogen (secondary N) is 3. The fraction of sp³-hybridized carbons (Fsp3) is 0.286. The van der Waals surface area contributed by atoms with Crippen LogP contribution in [0.15, 0.2) is 54.6 Å². The number of carbonyl (C=O) groups is 1. The van der Waals surface area contributed by atoms with Gasteiger partial charge in [0.25, 0.3) is 5.91 Å². The molecule has 1 aromatic heterocycles. The van der Waals surface area contributed by atoms with Gasteiger partial charge in [0.1, 0.15) is 5.75 Å². The first-order valence-electron chi connectivity index (χ1n) is 9.31. The molecule has 1 amide bonds. The van der Waals surface area contributed by atoms with Crippen LogP contribution in [-0.2, 0) is 11.3 Å². The molecule has 0 unspecified atom stereocenters. The zero-order valence-corrected chi connectivity index (χ0v) is 17.5. The van der Waals surface area contributed by atoms with Gasteiger partial charge in [0.15, 0.2) is 12.4 Å². The van der Waals surface area contributed by atoms with E-state index in [4.69, 9.17) is 17.0 Å². The molecule has 0 spiro atoms. The lowest BCUT2D eigenvalue weighted by Gasteiger charge is -2.20. The molecular weight excluding hydrogens is 386 g/mol. The summed E-state index contributed by atoms with van der Waals surface area (Å²) in [7, 11) is 0. The van der Waals surface area contributed by atoms with Crippen LogP contribution in [0.3, 0.4) is 0 Å². The lowest BCUT2D eigenvalue weighted by molar-refractivity contribution is -0.124. The molecule has 8 heteroatoms. The van der Waals surface area contributed by atoms with E-state index < -0.39 is 0 Å². The molecule has 0 fully saturated rings. The van der Waals surface area contributed by atoms with Crippen LogP contribution < -0.4 is 15.5 Å². The van der Waals surface area contributed by atoms with E-state index in [1.165, 1.54) is 0 Å². The molecule has 0 bridgehead atoms. The number of hydrogen-bond donors (Lipinski definition) is 3. The fourth-order valence-electron chi connectivity index (χ4n) is 2.70. The molecule has 1 heterocycles. The minimum atomic E-state index is -0.275. The van der Waals surface area contributed by atoms with E-state index in [0.29, 0.717) is 17.1 Å². The maximum atomic E-state index is 11.8. The highest BCUT2D eigenvalue weighted by Gasteiger charge is 2.14. The molecule has 152 valence electrons. The van der Waals surface area contributed by atoms with Crippen molar-refractivity contribution in [1.29, 1.82) is 0 Å². The summed E-state index contributed by atoms with van der Waals surface area (Å²) in [5.74, 6) is 1.22. The number of rotatable bonds is 7. The monoisotopic (exact) mass is 411 g/mol. The number of H-pyrrole nitrogens is 1. The predicted molar refractivity (Wildman–Crippen MR) is 116 cm³/mol. The van der Waals surface area contributed by atoms with E-state index in [9.17, 15) is 4.79 Å². The number of aromatic amines is 1. The first-order chi connectivity index (χ1) is 13.8. The summed E-state index contributed by atoms with van der Waals surface area (Å²) in [6.45, 7) is 6.34. The van der Waals surface area contributed by atoms with Gasteiger partial charge in [0.05, 0.1) is 6.54 Å². The Balaban J connectivity index is 1.58. The van der Waals surface area contributed by atoms with Crippen LogP contribution in [-0.4, -0.2) is 32.9 Å². The highest BCUT2D eigenvalue weighted by molar-refractivity contribution is 7.71. The SMILES string of the molecule is CC(C)(C)NC(=O)COc1ccc(CNn2c(-c3ccccc3)n[nH]c2=S)cc1. The van der Waals surface area contributed by atoms with E-state index in [0.717, 1.165) is 17.0 Å². The van der Waals surface area contributed by atoms with Gasteiger partial charge < -0.3 is 15.5 Å². The molecule has 2 aromatic carbocycles. The minimum absolute atomic E-state index is 0.0144. The molecule has 3 aromatic rings. The smallest absolute Gasteiger partial charge is 0.258 e. The number of amides is 1. The van der Waals surface area contributed by atoms with Gasteiger partial charge in [-0.25, -0.2) is 9.77 Å². The average molecular weight is 412 g/mol. The van der Waals surface area contributed by atoms with Gasteiger partial charge in [-0.05, 0) is 50.7 Å². The van der Waals surface area contributed by atoms with Gasteiger partial charge in [-0.3, -0.25) is 4.79 Å². The molecule has 0 aliphatic rings. The van der Waals surface area contributed by atoms with E-state index >= 15 is 0 Å². The molecule has 0 aliphatic heterocycles. The lowest BCUT2D eigenvalue weighted by atomic mass is 10.1. The molecule has 29 heavy (non-hydrogen) atoms. The highest BCUT2D eigenvalue weighted by atomic mass is 32.1. The second-order valence-corrected chi connectivity index (χ2v) is 8.01. The Hall–Kier alpha value is -3.13. The standard InChI is InChI=1S/C21H25N5O2S/c1-21(2,3)23-18(27)14-28-17-11-9-15(10-12-17)13-22-26-19(24-25-20(26)29)16-7-5-4-6-8-16/h4-12,22H,13-14H2,1-3H3,(H,23,27)(H,25,29). The second-order valence-electron chi connectivity index (χ2n) is 7.62. The molecule has 3 rings (SSSR count). The van der Waals surface area contributed by atoms with Crippen molar-refractivity contribution in [3.05, 3.63) is 64.9 Å². The number of hydrogen-bond acceptors (Lipinski definition) is 5. The van der Waals surface area contributed by atoms with Gasteiger partial charge in [0, 0.05) is 11.1 Å². The molecule has 0 atom stereocenters. The average Bonchev–Trinajstić information content (AvgIpc) is 3.05. The van der Waals surface area contributed by atoms with Crippen LogP contribution in [0.2, 0.25) is 0 Å². The number of nitrogens with zero attached hydrogens (tertiary/aromatic N) is 2. The Morgan fingerprint density at radius 2 is 1.83 bits per heavy atom. The largest absolute Gasteiger partial charge is 0.484 e. The summed E-state index contributed by atoms with van der Waals surface area (Å²) in [5.41, 5.74) is 5.01. The number of ether oxygens (including phenoxy) is 1. The van der Waals surface area contributed by atoms with Gasteiger partial charge in [0.2, 0.25) is 4.77 Å². The van der Waals surface area contributed by atoms with Crippen molar-refractivity contribution >= 4 is 18.1 Å². The lowest BCUT2D eigenvalue weighted by Crippen LogP contribution is -2.43. The van der Waals surface area contributed by atoms with Gasteiger partial charge >= 0.3 is 0 Å². The quantitative estimate of drug-likeness (QED) is 0.517. The maximum Gasteiger partial charge on any atom is 0.258 e. The van der Waals surface area contributed by atoms with Gasteiger partial charge in [-0.2, -0.15) is 5.10 Å². The van der Waals surface area contributed by atoms with Crippen LogP contribution in [0, 0.1) is 4.77 Å². The van der Waals surface area contributed by atoms with E-state index in [1.807, 2.05) is 75.4 Å². The summed E-state index contributed by atoms with van der Waals surface area (Å²) < 4.78 is 7.80. The summed E-state index contributed by atoms with van der Waals surface area (Å²) >= 11 is 5.33. The molecule has 7 nitrogen and oxygen atoms in total. The maximum absolute atomic E-state index is 11.8. The molecular formula is C21H25N5O2S. The van der Waals surface area contributed by atoms with Crippen LogP contribution in [0.25, 0.3) is 11.4 Å². The molecule has 0 saturated heterocycles. The molecule has 0 saturated carbocycles. The normalized spacial score (nSPS) is 11.1. The number of aromatic nitrogens is 3. The van der Waals surface area contributed by atoms with Crippen LogP contribution in [0.1, 0.15) is 26.3 Å². The van der Waals surface area contributed by atoms with Crippen molar-refractivity contribution in [3.63, 3.8) is 0 Å². The fourth-order valence-corrected chi connectivity index (χ4v) is 2.90. The summed E-state index contributed by atoms with van der Waals surface area (Å²) in [6, 6.07) is 17.4. The second kappa shape index (κ2) is 8.91. The van der Waals surface area contributed by atoms with Crippen molar-refractivity contribution < 1.29 is 9.53 Å². The number of benzene rings is 2. The van der Waals surface area contributed by atoms with Crippen molar-refractivity contribution in [1.82, 2.24) is 20.2 Å². The predicted octanol–water partition coefficient (Wildman–Crippen LogP) is 3.64. The minimum Gasteiger partial charge on any atom is -0.484 e. The van der Waals surface area contributed by atoms with E-state index in [-0.39, 0.29) is 18.1 Å². The third kappa shape index (κ3) is 5.92. The van der Waals surface area contributed by atoms with Crippen molar-refractivity contribution in [2.24, 2.45) is 0 Å². The van der Waals surface area contributed by atoms with E-state index in [1.54, 1.807) is 4.68 Å². The van der Waals surface area contributed by atoms with Crippen LogP contribution in [0.4, 0.5) is 0 Å². The summed E-state index contributed by atoms with van der Waals surface area (Å²) in [6.07, 6.45) is 0. The topological polar surface area (TPSA) is 84.0 Å². The van der Waals surface area contributed by atoms with Crippen molar-refractivity contribution in [2.75, 3.05) is 12.0 Å². The first kappa shape index (κ1) is 20.6. The third-order valence-electron chi connectivity index (χ3n) is 3.95. The zero-order valence-electron chi connectivity index (χ0n) is 16.7. The Bertz CT molecular complexity index is 1000. The van der Waals surface area contributed by atoms with Crippen molar-refractivity contribution in [2.45, 2.75) is 32.9 Å². The number of carbonyl (C=O) groups excluding carboxylic acids is 1.